The normalized spacial score (nSPS) is 10.5. The maximum atomic E-state index is 12.1. The maximum absolute atomic E-state index is 12.1. The summed E-state index contributed by atoms with van der Waals surface area (Å²) in [5, 5.41) is 6.96. The Morgan fingerprint density at radius 3 is 2.27 bits per heavy atom. The Balaban J connectivity index is 1.48. The highest BCUT2D eigenvalue weighted by Gasteiger charge is 2.14. The van der Waals surface area contributed by atoms with E-state index in [1.165, 1.54) is 20.4 Å². The minimum Gasteiger partial charge on any atom is -0.493 e. The number of carbonyl (C=O) groups excluding carboxylic acids is 2. The molecule has 9 heteroatoms. The molecule has 0 atom stereocenters. The smallest absolute Gasteiger partial charge is 0.329 e. The van der Waals surface area contributed by atoms with Gasteiger partial charge in [-0.25, -0.2) is 5.43 Å². The Hall–Kier alpha value is -4.04. The molecule has 0 aliphatic carbocycles. The SMILES string of the molecule is COc1ccc(NC(=O)C(=O)N/N=C/c2ccc(OCc3ccc(Cl)cc3)cc2)cc1OC. The van der Waals surface area contributed by atoms with Crippen LogP contribution in [0.4, 0.5) is 5.69 Å². The van der Waals surface area contributed by atoms with Crippen molar-refractivity contribution in [1.29, 1.82) is 0 Å². The predicted octanol–water partition coefficient (Wildman–Crippen LogP) is 4.03. The summed E-state index contributed by atoms with van der Waals surface area (Å²) >= 11 is 5.87. The number of hydrogen-bond donors (Lipinski definition) is 2. The van der Waals surface area contributed by atoms with Crippen LogP contribution >= 0.6 is 11.6 Å². The Bertz CT molecular complexity index is 1130. The molecular formula is C24H22ClN3O5. The van der Waals surface area contributed by atoms with Crippen LogP contribution in [0.1, 0.15) is 11.1 Å². The van der Waals surface area contributed by atoms with E-state index < -0.39 is 11.8 Å². The fraction of sp³-hybridized carbons (Fsp3) is 0.125. The monoisotopic (exact) mass is 467 g/mol. The molecule has 2 amide bonds. The third kappa shape index (κ3) is 6.98. The zero-order valence-corrected chi connectivity index (χ0v) is 18.8. The van der Waals surface area contributed by atoms with Crippen LogP contribution in [-0.4, -0.2) is 32.2 Å². The van der Waals surface area contributed by atoms with E-state index in [1.807, 2.05) is 24.3 Å². The number of hydrogen-bond acceptors (Lipinski definition) is 6. The van der Waals surface area contributed by atoms with Gasteiger partial charge in [0.05, 0.1) is 20.4 Å². The number of benzene rings is 3. The van der Waals surface area contributed by atoms with Crippen LogP contribution in [-0.2, 0) is 16.2 Å². The average molecular weight is 468 g/mol. The lowest BCUT2D eigenvalue weighted by Crippen LogP contribution is -2.32. The molecule has 0 spiro atoms. The van der Waals surface area contributed by atoms with Gasteiger partial charge < -0.3 is 19.5 Å². The molecule has 0 bridgehead atoms. The zero-order chi connectivity index (χ0) is 23.6. The van der Waals surface area contributed by atoms with Crippen LogP contribution < -0.4 is 25.0 Å². The lowest BCUT2D eigenvalue weighted by molar-refractivity contribution is -0.136. The molecule has 0 aromatic heterocycles. The van der Waals surface area contributed by atoms with Gasteiger partial charge in [-0.05, 0) is 59.7 Å². The molecule has 0 saturated heterocycles. The van der Waals surface area contributed by atoms with Gasteiger partial charge in [0.25, 0.3) is 0 Å². The third-order valence-electron chi connectivity index (χ3n) is 4.43. The molecule has 0 saturated carbocycles. The first-order valence-corrected chi connectivity index (χ1v) is 10.2. The summed E-state index contributed by atoms with van der Waals surface area (Å²) in [4.78, 5) is 24.1. The fourth-order valence-corrected chi connectivity index (χ4v) is 2.84. The Labute approximate surface area is 196 Å². The van der Waals surface area contributed by atoms with Gasteiger partial charge in [-0.1, -0.05) is 23.7 Å². The molecule has 0 radical (unpaired) electrons. The number of carbonyl (C=O) groups is 2. The van der Waals surface area contributed by atoms with E-state index >= 15 is 0 Å². The molecule has 33 heavy (non-hydrogen) atoms. The average Bonchev–Trinajstić information content (AvgIpc) is 2.84. The van der Waals surface area contributed by atoms with Crippen molar-refractivity contribution in [2.75, 3.05) is 19.5 Å². The van der Waals surface area contributed by atoms with E-state index in [-0.39, 0.29) is 0 Å². The van der Waals surface area contributed by atoms with E-state index in [0.717, 1.165) is 11.1 Å². The molecule has 8 nitrogen and oxygen atoms in total. The van der Waals surface area contributed by atoms with Crippen molar-refractivity contribution in [1.82, 2.24) is 5.43 Å². The molecule has 0 aliphatic rings. The second-order valence-electron chi connectivity index (χ2n) is 6.71. The fourth-order valence-electron chi connectivity index (χ4n) is 2.72. The minimum atomic E-state index is -0.913. The molecule has 0 heterocycles. The number of hydrazone groups is 1. The van der Waals surface area contributed by atoms with Gasteiger partial charge in [0.2, 0.25) is 0 Å². The van der Waals surface area contributed by atoms with Crippen LogP contribution in [0.25, 0.3) is 0 Å². The second kappa shape index (κ2) is 11.5. The van der Waals surface area contributed by atoms with Crippen molar-refractivity contribution in [3.63, 3.8) is 0 Å². The topological polar surface area (TPSA) is 98.2 Å². The van der Waals surface area contributed by atoms with Crippen LogP contribution in [0.2, 0.25) is 5.02 Å². The van der Waals surface area contributed by atoms with Crippen LogP contribution in [0.5, 0.6) is 17.2 Å². The van der Waals surface area contributed by atoms with Gasteiger partial charge in [0.1, 0.15) is 12.4 Å². The number of ether oxygens (including phenoxy) is 3. The van der Waals surface area contributed by atoms with Crippen molar-refractivity contribution in [2.24, 2.45) is 5.10 Å². The largest absolute Gasteiger partial charge is 0.493 e. The minimum absolute atomic E-state index is 0.381. The Kier molecular flexibility index (Phi) is 8.26. The number of rotatable bonds is 8. The Morgan fingerprint density at radius 2 is 1.61 bits per heavy atom. The molecule has 3 rings (SSSR count). The molecule has 0 fully saturated rings. The van der Waals surface area contributed by atoms with Crippen LogP contribution in [0, 0.1) is 0 Å². The van der Waals surface area contributed by atoms with Crippen molar-refractivity contribution < 1.29 is 23.8 Å². The van der Waals surface area contributed by atoms with Gasteiger partial charge in [-0.15, -0.1) is 0 Å². The maximum Gasteiger partial charge on any atom is 0.329 e. The highest BCUT2D eigenvalue weighted by Crippen LogP contribution is 2.29. The highest BCUT2D eigenvalue weighted by molar-refractivity contribution is 6.39. The van der Waals surface area contributed by atoms with E-state index in [9.17, 15) is 9.59 Å². The van der Waals surface area contributed by atoms with Gasteiger partial charge >= 0.3 is 11.8 Å². The predicted molar refractivity (Wildman–Crippen MR) is 126 cm³/mol. The lowest BCUT2D eigenvalue weighted by Gasteiger charge is -2.10. The van der Waals surface area contributed by atoms with E-state index in [2.05, 4.69) is 15.8 Å². The standard InChI is InChI=1S/C24H22ClN3O5/c1-31-21-12-9-19(13-22(21)32-2)27-23(29)24(30)28-26-14-16-5-10-20(11-6-16)33-15-17-3-7-18(25)8-4-17/h3-14H,15H2,1-2H3,(H,27,29)(H,28,30)/b26-14+. The van der Waals surface area contributed by atoms with Crippen molar-refractivity contribution in [3.05, 3.63) is 82.9 Å². The summed E-state index contributed by atoms with van der Waals surface area (Å²) in [6.07, 6.45) is 1.42. The molecule has 2 N–H and O–H groups in total. The number of nitrogens with one attached hydrogen (secondary N) is 2. The zero-order valence-electron chi connectivity index (χ0n) is 18.0. The summed E-state index contributed by atoms with van der Waals surface area (Å²) in [6.45, 7) is 0.413. The van der Waals surface area contributed by atoms with Gasteiger partial charge in [-0.3, -0.25) is 9.59 Å². The number of amides is 2. The molecule has 3 aromatic rings. The van der Waals surface area contributed by atoms with E-state index in [4.69, 9.17) is 25.8 Å². The Morgan fingerprint density at radius 1 is 0.909 bits per heavy atom. The quantitative estimate of drug-likeness (QED) is 0.296. The van der Waals surface area contributed by atoms with Gasteiger partial charge in [0.15, 0.2) is 11.5 Å². The van der Waals surface area contributed by atoms with Gasteiger partial charge in [-0.2, -0.15) is 5.10 Å². The molecule has 170 valence electrons. The number of nitrogens with zero attached hydrogens (tertiary/aromatic N) is 1. The first-order chi connectivity index (χ1) is 16.0. The molecule has 3 aromatic carbocycles. The summed E-state index contributed by atoms with van der Waals surface area (Å²) in [6, 6.07) is 19.3. The first-order valence-electron chi connectivity index (χ1n) is 9.82. The number of methoxy groups -OCH3 is 2. The number of anilines is 1. The summed E-state index contributed by atoms with van der Waals surface area (Å²) in [5.74, 6) is -0.171. The van der Waals surface area contributed by atoms with Crippen molar-refractivity contribution >= 4 is 35.3 Å². The summed E-state index contributed by atoms with van der Waals surface area (Å²) in [7, 11) is 2.98. The second-order valence-corrected chi connectivity index (χ2v) is 7.14. The summed E-state index contributed by atoms with van der Waals surface area (Å²) in [5.41, 5.74) is 4.29. The highest BCUT2D eigenvalue weighted by atomic mass is 35.5. The third-order valence-corrected chi connectivity index (χ3v) is 4.68. The molecule has 0 unspecified atom stereocenters. The molecular weight excluding hydrogens is 446 g/mol. The van der Waals surface area contributed by atoms with Crippen molar-refractivity contribution in [2.45, 2.75) is 6.61 Å². The first kappa shape index (κ1) is 23.6. The van der Waals surface area contributed by atoms with Gasteiger partial charge in [0, 0.05) is 16.8 Å². The van der Waals surface area contributed by atoms with Crippen LogP contribution in [0.3, 0.4) is 0 Å². The lowest BCUT2D eigenvalue weighted by atomic mass is 10.2. The van der Waals surface area contributed by atoms with Crippen molar-refractivity contribution in [3.8, 4) is 17.2 Å². The summed E-state index contributed by atoms with van der Waals surface area (Å²) < 4.78 is 16.0. The van der Waals surface area contributed by atoms with Crippen LogP contribution in [0.15, 0.2) is 71.8 Å². The van der Waals surface area contributed by atoms with E-state index in [1.54, 1.807) is 42.5 Å². The van der Waals surface area contributed by atoms with E-state index in [0.29, 0.717) is 34.6 Å². The number of halogens is 1. The molecule has 0 aliphatic heterocycles.